The topological polar surface area (TPSA) is 48.3 Å². The van der Waals surface area contributed by atoms with Crippen molar-refractivity contribution >= 4 is 11.6 Å². The van der Waals surface area contributed by atoms with Crippen molar-refractivity contribution in [2.75, 3.05) is 13.2 Å². The van der Waals surface area contributed by atoms with E-state index in [0.717, 1.165) is 53.0 Å². The molecule has 0 aliphatic carbocycles. The van der Waals surface area contributed by atoms with Gasteiger partial charge in [-0.25, -0.2) is 4.98 Å². The van der Waals surface area contributed by atoms with Gasteiger partial charge in [0.2, 0.25) is 0 Å². The summed E-state index contributed by atoms with van der Waals surface area (Å²) >= 11 is 5.97. The van der Waals surface area contributed by atoms with Crippen LogP contribution in [0, 0.1) is 5.92 Å². The first-order valence-corrected chi connectivity index (χ1v) is 13.0. The van der Waals surface area contributed by atoms with Gasteiger partial charge in [0.05, 0.1) is 5.69 Å². The van der Waals surface area contributed by atoms with Crippen molar-refractivity contribution in [2.24, 2.45) is 5.92 Å². The van der Waals surface area contributed by atoms with E-state index in [4.69, 9.17) is 26.1 Å². The van der Waals surface area contributed by atoms with E-state index in [-0.39, 0.29) is 0 Å². The third-order valence-electron chi connectivity index (χ3n) is 6.30. The van der Waals surface area contributed by atoms with E-state index in [1.807, 2.05) is 48.5 Å². The number of nitrogens with one attached hydrogen (secondary N) is 1. The Morgan fingerprint density at radius 2 is 1.61 bits per heavy atom. The Hall–Kier alpha value is -3.28. The van der Waals surface area contributed by atoms with E-state index in [1.54, 1.807) is 0 Å². The van der Waals surface area contributed by atoms with Crippen LogP contribution in [0.1, 0.15) is 32.5 Å². The van der Waals surface area contributed by atoms with Crippen LogP contribution < -0.4 is 14.8 Å². The number of rotatable bonds is 9. The number of imidazole rings is 1. The highest BCUT2D eigenvalue weighted by Crippen LogP contribution is 2.28. The normalized spacial score (nSPS) is 15.4. The van der Waals surface area contributed by atoms with Crippen LogP contribution in [0.25, 0.3) is 16.9 Å². The molecule has 5 rings (SSSR count). The third-order valence-corrected chi connectivity index (χ3v) is 6.55. The molecule has 0 amide bonds. The van der Waals surface area contributed by atoms with E-state index in [9.17, 15) is 0 Å². The van der Waals surface area contributed by atoms with Crippen LogP contribution in [0.15, 0.2) is 79.0 Å². The minimum atomic E-state index is 0.460. The van der Waals surface area contributed by atoms with E-state index < -0.39 is 0 Å². The van der Waals surface area contributed by atoms with Gasteiger partial charge in [0.15, 0.2) is 0 Å². The first-order valence-electron chi connectivity index (χ1n) is 12.6. The second kappa shape index (κ2) is 11.2. The molecular formula is C30H32ClN3O2. The van der Waals surface area contributed by atoms with Gasteiger partial charge in [-0.3, -0.25) is 0 Å². The summed E-state index contributed by atoms with van der Waals surface area (Å²) in [7, 11) is 0. The molecule has 1 atom stereocenters. The highest BCUT2D eigenvalue weighted by molar-refractivity contribution is 6.30. The van der Waals surface area contributed by atoms with Gasteiger partial charge < -0.3 is 19.4 Å². The van der Waals surface area contributed by atoms with Crippen molar-refractivity contribution in [3.63, 3.8) is 0 Å². The predicted octanol–water partition coefficient (Wildman–Crippen LogP) is 7.31. The number of hydrogen-bond donors (Lipinski definition) is 1. The summed E-state index contributed by atoms with van der Waals surface area (Å²) in [6, 6.07) is 24.2. The predicted molar refractivity (Wildman–Crippen MR) is 146 cm³/mol. The lowest BCUT2D eigenvalue weighted by Crippen LogP contribution is -2.28. The lowest BCUT2D eigenvalue weighted by atomic mass is 10.1. The largest absolute Gasteiger partial charge is 0.492 e. The molecule has 1 aliphatic heterocycles. The van der Waals surface area contributed by atoms with Crippen LogP contribution in [-0.2, 0) is 6.42 Å². The molecule has 1 unspecified atom stereocenters. The van der Waals surface area contributed by atoms with Gasteiger partial charge in [0.25, 0.3) is 0 Å². The van der Waals surface area contributed by atoms with Crippen molar-refractivity contribution in [1.82, 2.24) is 14.9 Å². The zero-order valence-corrected chi connectivity index (χ0v) is 21.5. The molecular weight excluding hydrogens is 470 g/mol. The van der Waals surface area contributed by atoms with Crippen LogP contribution in [0.5, 0.6) is 17.2 Å². The third kappa shape index (κ3) is 6.10. The van der Waals surface area contributed by atoms with E-state index >= 15 is 0 Å². The first kappa shape index (κ1) is 24.4. The van der Waals surface area contributed by atoms with E-state index in [1.165, 1.54) is 12.8 Å². The van der Waals surface area contributed by atoms with Crippen LogP contribution in [-0.4, -0.2) is 28.7 Å². The Labute approximate surface area is 218 Å². The molecule has 2 heterocycles. The Balaban J connectivity index is 1.33. The van der Waals surface area contributed by atoms with E-state index in [2.05, 4.69) is 54.2 Å². The average molecular weight is 502 g/mol. The second-order valence-corrected chi connectivity index (χ2v) is 10.1. The Bertz CT molecular complexity index is 1260. The molecule has 0 radical (unpaired) electrons. The number of ether oxygens (including phenoxy) is 2. The minimum absolute atomic E-state index is 0.460. The molecule has 36 heavy (non-hydrogen) atoms. The van der Waals surface area contributed by atoms with Gasteiger partial charge in [-0.05, 0) is 98.1 Å². The molecule has 0 saturated carbocycles. The van der Waals surface area contributed by atoms with Gasteiger partial charge in [0.1, 0.15) is 29.7 Å². The number of hydrogen-bond acceptors (Lipinski definition) is 4. The van der Waals surface area contributed by atoms with E-state index in [0.29, 0.717) is 23.6 Å². The maximum atomic E-state index is 5.98. The SMILES string of the molecule is CC(C)Cc1nc(-c2ccc(OCC3CCCN3)cc2)cn1-c1ccc(Oc2ccc(Cl)cc2)cc1. The maximum absolute atomic E-state index is 5.98. The molecule has 4 aromatic rings. The zero-order valence-electron chi connectivity index (χ0n) is 20.8. The smallest absolute Gasteiger partial charge is 0.127 e. The summed E-state index contributed by atoms with van der Waals surface area (Å²) < 4.78 is 14.1. The van der Waals surface area contributed by atoms with Crippen LogP contribution >= 0.6 is 11.6 Å². The molecule has 5 nitrogen and oxygen atoms in total. The standard InChI is InChI=1S/C30H32ClN3O2/c1-21(2)18-30-33-29(22-5-11-26(12-6-22)35-20-24-4-3-17-32-24)19-34(30)25-9-15-28(16-10-25)36-27-13-7-23(31)8-14-27/h5-16,19,21,24,32H,3-4,17-18,20H2,1-2H3. The molecule has 1 saturated heterocycles. The fraction of sp³-hybridized carbons (Fsp3) is 0.300. The molecule has 1 N–H and O–H groups in total. The first-order chi connectivity index (χ1) is 17.5. The van der Waals surface area contributed by atoms with Gasteiger partial charge in [-0.1, -0.05) is 25.4 Å². The Morgan fingerprint density at radius 1 is 0.944 bits per heavy atom. The Morgan fingerprint density at radius 3 is 2.25 bits per heavy atom. The number of aromatic nitrogens is 2. The summed E-state index contributed by atoms with van der Waals surface area (Å²) in [6.45, 7) is 6.23. The summed E-state index contributed by atoms with van der Waals surface area (Å²) in [4.78, 5) is 5.00. The minimum Gasteiger partial charge on any atom is -0.492 e. The summed E-state index contributed by atoms with van der Waals surface area (Å²) in [5.41, 5.74) is 3.08. The molecule has 1 aliphatic rings. The summed E-state index contributed by atoms with van der Waals surface area (Å²) in [5, 5.41) is 4.16. The number of nitrogens with zero attached hydrogens (tertiary/aromatic N) is 2. The molecule has 0 spiro atoms. The maximum Gasteiger partial charge on any atom is 0.127 e. The van der Waals surface area contributed by atoms with Crippen LogP contribution in [0.3, 0.4) is 0 Å². The van der Waals surface area contributed by atoms with Gasteiger partial charge >= 0.3 is 0 Å². The van der Waals surface area contributed by atoms with Gasteiger partial charge in [-0.15, -0.1) is 0 Å². The van der Waals surface area contributed by atoms with Crippen molar-refractivity contribution in [2.45, 2.75) is 39.2 Å². The highest BCUT2D eigenvalue weighted by atomic mass is 35.5. The summed E-state index contributed by atoms with van der Waals surface area (Å²) in [5.74, 6) is 3.95. The van der Waals surface area contributed by atoms with Gasteiger partial charge in [0, 0.05) is 34.9 Å². The molecule has 1 aromatic heterocycles. The van der Waals surface area contributed by atoms with Crippen molar-refractivity contribution in [3.05, 3.63) is 89.8 Å². The number of benzene rings is 3. The fourth-order valence-electron chi connectivity index (χ4n) is 4.42. The van der Waals surface area contributed by atoms with Gasteiger partial charge in [-0.2, -0.15) is 0 Å². The zero-order chi connectivity index (χ0) is 24.9. The molecule has 186 valence electrons. The number of halogens is 1. The summed E-state index contributed by atoms with van der Waals surface area (Å²) in [6.07, 6.45) is 5.42. The monoisotopic (exact) mass is 501 g/mol. The highest BCUT2D eigenvalue weighted by Gasteiger charge is 2.15. The second-order valence-electron chi connectivity index (χ2n) is 9.69. The molecule has 3 aromatic carbocycles. The van der Waals surface area contributed by atoms with Crippen LogP contribution in [0.2, 0.25) is 5.02 Å². The van der Waals surface area contributed by atoms with Crippen LogP contribution in [0.4, 0.5) is 0 Å². The molecule has 6 heteroatoms. The molecule has 0 bridgehead atoms. The average Bonchev–Trinajstić information content (AvgIpc) is 3.55. The molecule has 1 fully saturated rings. The van der Waals surface area contributed by atoms with Crippen molar-refractivity contribution in [3.8, 4) is 34.2 Å². The lowest BCUT2D eigenvalue weighted by Gasteiger charge is -2.12. The van der Waals surface area contributed by atoms with Crippen molar-refractivity contribution < 1.29 is 9.47 Å². The Kier molecular flexibility index (Phi) is 7.59. The quantitative estimate of drug-likeness (QED) is 0.261. The lowest BCUT2D eigenvalue weighted by molar-refractivity contribution is 0.277. The van der Waals surface area contributed by atoms with Crippen molar-refractivity contribution in [1.29, 1.82) is 0 Å². The fourth-order valence-corrected chi connectivity index (χ4v) is 4.55.